The second-order valence-electron chi connectivity index (χ2n) is 12.5. The van der Waals surface area contributed by atoms with Crippen LogP contribution in [0, 0.1) is 0 Å². The lowest BCUT2D eigenvalue weighted by molar-refractivity contribution is 0.122. The Morgan fingerprint density at radius 2 is 1.64 bits per heavy atom. The topological polar surface area (TPSA) is 101 Å². The third-order valence-corrected chi connectivity index (χ3v) is 9.92. The van der Waals surface area contributed by atoms with Gasteiger partial charge in [0.15, 0.2) is 5.82 Å². The lowest BCUT2D eigenvalue weighted by Gasteiger charge is -2.34. The van der Waals surface area contributed by atoms with Gasteiger partial charge in [0.25, 0.3) is 6.43 Å². The summed E-state index contributed by atoms with van der Waals surface area (Å²) in [5.74, 6) is 4.57. The van der Waals surface area contributed by atoms with E-state index in [1.807, 2.05) is 15.3 Å². The molecule has 240 valence electrons. The first-order valence-corrected chi connectivity index (χ1v) is 17.4. The van der Waals surface area contributed by atoms with Crippen molar-refractivity contribution in [2.45, 2.75) is 51.0 Å². The second-order valence-corrected chi connectivity index (χ2v) is 14.9. The van der Waals surface area contributed by atoms with E-state index < -0.39 is 27.5 Å². The van der Waals surface area contributed by atoms with Gasteiger partial charge in [0.2, 0.25) is 17.8 Å². The predicted octanol–water partition coefficient (Wildman–Crippen LogP) is 4.86. The van der Waals surface area contributed by atoms with Crippen molar-refractivity contribution in [2.24, 2.45) is 0 Å². The number of fused-ring (bicyclic) bond motifs is 1. The number of nitrogens with one attached hydrogen (secondary N) is 1. The van der Waals surface area contributed by atoms with E-state index in [-0.39, 0.29) is 5.95 Å². The lowest BCUT2D eigenvalue weighted by atomic mass is 9.83. The average Bonchev–Trinajstić information content (AvgIpc) is 3.41. The number of ether oxygens (including phenoxy) is 1. The average molecular weight is 639 g/mol. The molecule has 0 spiro atoms. The first-order chi connectivity index (χ1) is 21.5. The van der Waals surface area contributed by atoms with E-state index in [9.17, 15) is 13.0 Å². The van der Waals surface area contributed by atoms with Crippen molar-refractivity contribution in [3.63, 3.8) is 0 Å². The molecule has 6 rings (SSSR count). The molecular formula is C32H40F2N8O2S. The highest BCUT2D eigenvalue weighted by molar-refractivity contribution is 7.97. The van der Waals surface area contributed by atoms with Crippen LogP contribution in [0.15, 0.2) is 48.5 Å². The zero-order valence-electron chi connectivity index (χ0n) is 26.0. The highest BCUT2D eigenvalue weighted by Crippen LogP contribution is 2.34. The monoisotopic (exact) mass is 638 g/mol. The fourth-order valence-electron chi connectivity index (χ4n) is 6.29. The van der Waals surface area contributed by atoms with Crippen LogP contribution in [0.2, 0.25) is 0 Å². The van der Waals surface area contributed by atoms with Crippen LogP contribution in [0.5, 0.6) is 0 Å². The molecule has 0 amide bonds. The van der Waals surface area contributed by atoms with Gasteiger partial charge in [0.1, 0.15) is 0 Å². The quantitative estimate of drug-likeness (QED) is 0.260. The third-order valence-electron chi connectivity index (χ3n) is 8.47. The summed E-state index contributed by atoms with van der Waals surface area (Å²) in [6.45, 7) is 7.85. The molecule has 0 bridgehead atoms. The summed E-state index contributed by atoms with van der Waals surface area (Å²) in [6, 6.07) is 15.4. The maximum atomic E-state index is 14.3. The number of halogens is 2. The molecule has 0 saturated carbocycles. The highest BCUT2D eigenvalue weighted by atomic mass is 32.2. The van der Waals surface area contributed by atoms with Crippen LogP contribution in [-0.2, 0) is 20.9 Å². The third kappa shape index (κ3) is 6.95. The highest BCUT2D eigenvalue weighted by Gasteiger charge is 2.29. The summed E-state index contributed by atoms with van der Waals surface area (Å²) in [5, 5.41) is 3.51. The molecule has 4 aromatic rings. The number of para-hydroxylation sites is 2. The first kappa shape index (κ1) is 31.3. The number of morpholine rings is 1. The van der Waals surface area contributed by atoms with E-state index >= 15 is 0 Å². The molecule has 1 N–H and O–H groups in total. The summed E-state index contributed by atoms with van der Waals surface area (Å²) >= 11 is 0. The fourth-order valence-corrected chi connectivity index (χ4v) is 7.27. The SMILES string of the molecule is C=S(C)(=O)N1CCC(c2ccccc2CC(C)(C)Nc2nc(N3CCOCC3)nc(-n3c(C(F)F)nc4ccccc43)n2)CC1. The smallest absolute Gasteiger partial charge is 0.296 e. The Morgan fingerprint density at radius 1 is 0.978 bits per heavy atom. The molecule has 10 nitrogen and oxygen atoms in total. The Hall–Kier alpha value is -3.68. The number of nitrogens with zero attached hydrogens (tertiary/aromatic N) is 7. The zero-order valence-corrected chi connectivity index (χ0v) is 26.8. The van der Waals surface area contributed by atoms with Crippen LogP contribution in [-0.4, -0.2) is 90.1 Å². The number of benzene rings is 2. The van der Waals surface area contributed by atoms with E-state index in [4.69, 9.17) is 14.7 Å². The molecule has 13 heteroatoms. The van der Waals surface area contributed by atoms with Crippen molar-refractivity contribution in [1.82, 2.24) is 28.8 Å². The maximum Gasteiger partial charge on any atom is 0.296 e. The number of rotatable bonds is 9. The molecule has 1 atom stereocenters. The number of imidazole rings is 1. The Bertz CT molecular complexity index is 1760. The molecule has 1 unspecified atom stereocenters. The van der Waals surface area contributed by atoms with Crippen LogP contribution in [0.25, 0.3) is 17.0 Å². The second kappa shape index (κ2) is 12.6. The molecule has 2 aliphatic rings. The Balaban J connectivity index is 1.32. The van der Waals surface area contributed by atoms with Crippen LogP contribution < -0.4 is 10.2 Å². The molecule has 45 heavy (non-hydrogen) atoms. The van der Waals surface area contributed by atoms with Crippen LogP contribution in [0.1, 0.15) is 56.0 Å². The molecule has 4 heterocycles. The van der Waals surface area contributed by atoms with Gasteiger partial charge in [-0.3, -0.25) is 8.78 Å². The number of anilines is 2. The number of hydrogen-bond donors (Lipinski definition) is 1. The Labute approximate surface area is 263 Å². The number of piperidine rings is 1. The minimum absolute atomic E-state index is 0.0823. The van der Waals surface area contributed by atoms with Gasteiger partial charge >= 0.3 is 0 Å². The molecule has 2 aromatic heterocycles. The summed E-state index contributed by atoms with van der Waals surface area (Å²) in [4.78, 5) is 20.3. The van der Waals surface area contributed by atoms with Gasteiger partial charge in [-0.05, 0) is 68.2 Å². The van der Waals surface area contributed by atoms with Crippen molar-refractivity contribution < 1.29 is 17.7 Å². The summed E-state index contributed by atoms with van der Waals surface area (Å²) in [7, 11) is -2.21. The minimum Gasteiger partial charge on any atom is -0.378 e. The Morgan fingerprint density at radius 3 is 2.36 bits per heavy atom. The number of hydrogen-bond acceptors (Lipinski definition) is 8. The van der Waals surface area contributed by atoms with Gasteiger partial charge in [-0.1, -0.05) is 36.4 Å². The summed E-state index contributed by atoms with van der Waals surface area (Å²) < 4.78 is 49.9. The molecule has 2 aromatic carbocycles. The van der Waals surface area contributed by atoms with E-state index in [1.54, 1.807) is 30.5 Å². The minimum atomic E-state index is -2.82. The van der Waals surface area contributed by atoms with Gasteiger partial charge in [0, 0.05) is 47.7 Å². The maximum absolute atomic E-state index is 14.3. The van der Waals surface area contributed by atoms with E-state index in [1.165, 1.54) is 15.7 Å². The normalized spacial score (nSPS) is 18.4. The van der Waals surface area contributed by atoms with Crippen LogP contribution >= 0.6 is 0 Å². The first-order valence-electron chi connectivity index (χ1n) is 15.3. The van der Waals surface area contributed by atoms with Crippen molar-refractivity contribution >= 4 is 38.5 Å². The lowest BCUT2D eigenvalue weighted by Crippen LogP contribution is -2.39. The van der Waals surface area contributed by atoms with Gasteiger partial charge in [-0.25, -0.2) is 18.1 Å². The van der Waals surface area contributed by atoms with Crippen molar-refractivity contribution in [2.75, 3.05) is 55.9 Å². The van der Waals surface area contributed by atoms with Gasteiger partial charge in [-0.15, -0.1) is 0 Å². The Kier molecular flexibility index (Phi) is 8.77. The fraction of sp³-hybridized carbons (Fsp3) is 0.469. The molecular weight excluding hydrogens is 598 g/mol. The number of aromatic nitrogens is 5. The van der Waals surface area contributed by atoms with Crippen LogP contribution in [0.4, 0.5) is 20.7 Å². The van der Waals surface area contributed by atoms with E-state index in [2.05, 4.69) is 53.2 Å². The van der Waals surface area contributed by atoms with Gasteiger partial charge in [0.05, 0.1) is 24.2 Å². The van der Waals surface area contributed by atoms with E-state index in [0.717, 1.165) is 25.9 Å². The summed E-state index contributed by atoms with van der Waals surface area (Å²) in [5.41, 5.74) is 2.93. The summed E-state index contributed by atoms with van der Waals surface area (Å²) in [6.07, 6.45) is 1.38. The van der Waals surface area contributed by atoms with Gasteiger partial charge in [-0.2, -0.15) is 15.0 Å². The zero-order chi connectivity index (χ0) is 31.8. The molecule has 0 aliphatic carbocycles. The molecule has 2 aliphatic heterocycles. The molecule has 2 fully saturated rings. The number of alkyl halides is 2. The van der Waals surface area contributed by atoms with Gasteiger partial charge < -0.3 is 15.0 Å². The standard InChI is InChI=1S/C32H40F2N8O2S/c1-32(2,21-23-9-5-6-10-24(23)22-13-15-41(16-14-22)45(3,4)43)39-29-36-30(40-17-19-44-20-18-40)38-31(37-29)42-26-12-8-7-11-25(26)35-28(42)27(33)34/h5-12,22,27H,3,13-21H2,1-2,4H3,(H,36,37,38,39). The van der Waals surface area contributed by atoms with E-state index in [0.29, 0.717) is 61.6 Å². The molecule has 0 radical (unpaired) electrons. The largest absolute Gasteiger partial charge is 0.378 e. The van der Waals surface area contributed by atoms with Crippen molar-refractivity contribution in [3.8, 4) is 5.95 Å². The van der Waals surface area contributed by atoms with Crippen molar-refractivity contribution in [3.05, 3.63) is 65.5 Å². The molecule has 2 saturated heterocycles. The van der Waals surface area contributed by atoms with Crippen LogP contribution in [0.3, 0.4) is 0 Å². The van der Waals surface area contributed by atoms with Crippen molar-refractivity contribution in [1.29, 1.82) is 0 Å². The predicted molar refractivity (Wildman–Crippen MR) is 175 cm³/mol.